The first kappa shape index (κ1) is 37.2. The number of aryl methyl sites for hydroxylation is 1. The predicted molar refractivity (Wildman–Crippen MR) is 189 cm³/mol. The molecule has 0 bridgehead atoms. The van der Waals surface area contributed by atoms with Crippen LogP contribution in [0.1, 0.15) is 41.3 Å². The number of carbonyl (C=O) groups excluding carboxylic acids is 1. The Morgan fingerprint density at radius 1 is 1.02 bits per heavy atom. The number of para-hydroxylation sites is 1. The molecule has 16 nitrogen and oxygen atoms in total. The molecule has 3 aromatic carbocycles. The molecule has 0 radical (unpaired) electrons. The Morgan fingerprint density at radius 3 is 2.43 bits per heavy atom. The zero-order valence-electron chi connectivity index (χ0n) is 28.0. The molecule has 0 saturated carbocycles. The first-order chi connectivity index (χ1) is 25.4. The van der Waals surface area contributed by atoms with Crippen molar-refractivity contribution in [3.63, 3.8) is 0 Å². The second kappa shape index (κ2) is 16.8. The number of aliphatic carboxylic acids is 1. The molecule has 1 aliphatic rings. The number of esters is 1. The maximum absolute atomic E-state index is 12.6. The van der Waals surface area contributed by atoms with E-state index in [4.69, 9.17) is 18.9 Å². The van der Waals surface area contributed by atoms with E-state index in [0.717, 1.165) is 0 Å². The number of hydrogen-bond acceptors (Lipinski definition) is 14. The van der Waals surface area contributed by atoms with E-state index < -0.39 is 56.6 Å². The number of nitro groups is 1. The molecule has 1 aromatic heterocycles. The highest BCUT2D eigenvalue weighted by Crippen LogP contribution is 2.41. The minimum absolute atomic E-state index is 0.0251. The van der Waals surface area contributed by atoms with Gasteiger partial charge in [-0.3, -0.25) is 10.1 Å². The fraction of sp³-hybridized carbons (Fsp3) is 0.167. The maximum Gasteiger partial charge on any atom is 0.373 e. The maximum atomic E-state index is 12.6. The number of carbonyl (C=O) groups is 2. The number of anilines is 1. The smallest absolute Gasteiger partial charge is 0.373 e. The highest BCUT2D eigenvalue weighted by molar-refractivity contribution is 7.73. The average Bonchev–Trinajstić information content (AvgIpc) is 3.12. The van der Waals surface area contributed by atoms with E-state index in [2.05, 4.69) is 15.3 Å². The number of carboxylic acid groups (broad SMARTS) is 1. The number of allylic oxidation sites excluding steroid dienone is 3. The minimum Gasteiger partial charge on any atom is -0.480 e. The Kier molecular flexibility index (Phi) is 11.8. The van der Waals surface area contributed by atoms with Gasteiger partial charge in [-0.25, -0.2) is 9.59 Å². The number of aromatic nitrogens is 2. The fourth-order valence-corrected chi connectivity index (χ4v) is 5.35. The summed E-state index contributed by atoms with van der Waals surface area (Å²) in [5.74, 6) is -3.00. The highest BCUT2D eigenvalue weighted by atomic mass is 32.2. The van der Waals surface area contributed by atoms with Crippen molar-refractivity contribution in [2.75, 3.05) is 11.9 Å². The molecular weight excluding hydrogens is 710 g/mol. The second-order valence-corrected chi connectivity index (χ2v) is 12.2. The number of nitriles is 1. The third kappa shape index (κ3) is 9.59. The Balaban J connectivity index is 1.61. The Bertz CT molecular complexity index is 2330. The number of carboxylic acids is 1. The van der Waals surface area contributed by atoms with Crippen LogP contribution in [0.5, 0.6) is 34.9 Å². The summed E-state index contributed by atoms with van der Waals surface area (Å²) in [5, 5.41) is 34.9. The minimum atomic E-state index is -2.46. The van der Waals surface area contributed by atoms with Crippen LogP contribution in [0.3, 0.4) is 0 Å². The second-order valence-electron chi connectivity index (χ2n) is 11.2. The summed E-state index contributed by atoms with van der Waals surface area (Å²) in [4.78, 5) is 45.2. The number of nitrogens with zero attached hydrogens (tertiary/aromatic N) is 4. The first-order valence-corrected chi connectivity index (χ1v) is 16.8. The monoisotopic (exact) mass is 739 g/mol. The van der Waals surface area contributed by atoms with Crippen molar-refractivity contribution < 1.29 is 47.0 Å². The summed E-state index contributed by atoms with van der Waals surface area (Å²) in [6.07, 6.45) is 4.07. The van der Waals surface area contributed by atoms with Gasteiger partial charge >= 0.3 is 29.5 Å². The van der Waals surface area contributed by atoms with Gasteiger partial charge in [0.2, 0.25) is 16.1 Å². The molecule has 2 N–H and O–H groups in total. The van der Waals surface area contributed by atoms with Gasteiger partial charge in [-0.1, -0.05) is 30.4 Å². The molecule has 1 atom stereocenters. The Morgan fingerprint density at radius 2 is 1.79 bits per heavy atom. The van der Waals surface area contributed by atoms with Crippen LogP contribution in [0, 0.1) is 28.4 Å². The van der Waals surface area contributed by atoms with Crippen LogP contribution in [-0.4, -0.2) is 57.9 Å². The zero-order valence-corrected chi connectivity index (χ0v) is 28.8. The topological polar surface area (TPSA) is 230 Å². The van der Waals surface area contributed by atoms with Gasteiger partial charge in [-0.05, 0) is 73.5 Å². The van der Waals surface area contributed by atoms with Gasteiger partial charge in [0, 0.05) is 18.9 Å². The summed E-state index contributed by atoms with van der Waals surface area (Å²) in [7, 11) is -2.46. The van der Waals surface area contributed by atoms with Crippen LogP contribution >= 0.6 is 0 Å². The molecule has 4 aromatic rings. The van der Waals surface area contributed by atoms with Crippen molar-refractivity contribution in [2.24, 2.45) is 0 Å². The van der Waals surface area contributed by atoms with E-state index in [1.54, 1.807) is 44.2 Å². The van der Waals surface area contributed by atoms with Crippen LogP contribution in [-0.2, 0) is 19.8 Å². The summed E-state index contributed by atoms with van der Waals surface area (Å²) in [6, 6.07) is 17.0. The summed E-state index contributed by atoms with van der Waals surface area (Å²) in [5.41, 5.74) is 0.342. The molecule has 5 rings (SSSR count). The molecule has 1 aliphatic carbocycles. The largest absolute Gasteiger partial charge is 0.480 e. The molecule has 0 spiro atoms. The van der Waals surface area contributed by atoms with Gasteiger partial charge in [0.15, 0.2) is 11.5 Å². The molecule has 0 amide bonds. The zero-order chi connectivity index (χ0) is 38.1. The third-order valence-electron chi connectivity index (χ3n) is 7.35. The predicted octanol–water partition coefficient (Wildman–Crippen LogP) is 6.31. The molecule has 0 saturated heterocycles. The number of ether oxygens (including phenoxy) is 4. The van der Waals surface area contributed by atoms with E-state index in [9.17, 15) is 38.5 Å². The average molecular weight is 740 g/mol. The van der Waals surface area contributed by atoms with Crippen molar-refractivity contribution in [1.82, 2.24) is 9.97 Å². The lowest BCUT2D eigenvalue weighted by atomic mass is 10.00. The molecule has 1 heterocycles. The molecule has 17 heteroatoms. The lowest BCUT2D eigenvalue weighted by Crippen LogP contribution is -2.30. The number of hydrogen-bond donors (Lipinski definition) is 2. The van der Waals surface area contributed by atoms with Crippen LogP contribution in [0.25, 0.3) is 0 Å². The molecule has 53 heavy (non-hydrogen) atoms. The van der Waals surface area contributed by atoms with Gasteiger partial charge in [0.05, 0.1) is 33.6 Å². The van der Waals surface area contributed by atoms with Crippen LogP contribution < -0.4 is 19.5 Å². The van der Waals surface area contributed by atoms with Crippen molar-refractivity contribution in [2.45, 2.75) is 32.7 Å². The van der Waals surface area contributed by atoms with E-state index in [-0.39, 0.29) is 52.7 Å². The molecular formula is C36H29N5O11S. The Labute approximate surface area is 303 Å². The summed E-state index contributed by atoms with van der Waals surface area (Å²) < 4.78 is 45.6. The van der Waals surface area contributed by atoms with E-state index in [1.807, 2.05) is 6.07 Å². The highest BCUT2D eigenvalue weighted by Gasteiger charge is 2.32. The van der Waals surface area contributed by atoms with Gasteiger partial charge < -0.3 is 29.4 Å². The standard InChI is InChI=1S/C36H29N5O11S/c1-3-49-35(44)24-15-21(2)16-26(19-24)51-33-31(41(45)46)32(38-28(34(42)43)17-22-9-12-27(13-10-22)53(47)48)39-36(40-33)52-30-18-23(20-37)11-14-29(30)50-25-7-5-4-6-8-25/h4-12,14-16,18-19,28H,3,13,17H2,1-2H3,(H,42,43)(H,38,39,40). The number of rotatable bonds is 14. The van der Waals surface area contributed by atoms with Crippen LogP contribution in [0.4, 0.5) is 11.5 Å². The Hall–Kier alpha value is -7.06. The molecule has 0 fully saturated rings. The van der Waals surface area contributed by atoms with Gasteiger partial charge in [-0.15, -0.1) is 0 Å². The van der Waals surface area contributed by atoms with Crippen LogP contribution in [0.2, 0.25) is 0 Å². The van der Waals surface area contributed by atoms with Gasteiger partial charge in [-0.2, -0.15) is 23.6 Å². The first-order valence-electron chi connectivity index (χ1n) is 15.7. The molecule has 270 valence electrons. The van der Waals surface area contributed by atoms with Crippen LogP contribution in [0.15, 0.2) is 90.5 Å². The van der Waals surface area contributed by atoms with E-state index in [1.165, 1.54) is 54.6 Å². The van der Waals surface area contributed by atoms with Crippen molar-refractivity contribution in [3.8, 4) is 41.0 Å². The normalized spacial score (nSPS) is 12.5. The summed E-state index contributed by atoms with van der Waals surface area (Å²) in [6.45, 7) is 3.38. The number of nitrogens with one attached hydrogen (secondary N) is 1. The lowest BCUT2D eigenvalue weighted by Gasteiger charge is -2.18. The van der Waals surface area contributed by atoms with E-state index >= 15 is 0 Å². The lowest BCUT2D eigenvalue weighted by molar-refractivity contribution is -0.385. The van der Waals surface area contributed by atoms with Crippen molar-refractivity contribution in [3.05, 3.63) is 117 Å². The van der Waals surface area contributed by atoms with Crippen molar-refractivity contribution in [1.29, 1.82) is 5.26 Å². The van der Waals surface area contributed by atoms with Gasteiger partial charge in [0.1, 0.15) is 17.5 Å². The van der Waals surface area contributed by atoms with Gasteiger partial charge in [0.25, 0.3) is 0 Å². The molecule has 1 unspecified atom stereocenters. The molecule has 0 aliphatic heterocycles. The van der Waals surface area contributed by atoms with Crippen molar-refractivity contribution >= 4 is 38.6 Å². The SMILES string of the molecule is CCOC(=O)c1cc(C)cc(Oc2nc(Oc3cc(C#N)ccc3Oc3ccccc3)nc(NC(CC3=CCC(=S(=O)=O)C=C3)C(=O)O)c2[N+](=O)[O-])c1. The summed E-state index contributed by atoms with van der Waals surface area (Å²) >= 11 is 0. The van der Waals surface area contributed by atoms with E-state index in [0.29, 0.717) is 16.9 Å². The quantitative estimate of drug-likeness (QED) is 0.0624. The number of benzene rings is 3. The fourth-order valence-electron chi connectivity index (χ4n) is 4.95. The third-order valence-corrected chi connectivity index (χ3v) is 8.08.